The van der Waals surface area contributed by atoms with Gasteiger partial charge in [0.1, 0.15) is 0 Å². The van der Waals surface area contributed by atoms with Gasteiger partial charge in [0.05, 0.1) is 0 Å². The van der Waals surface area contributed by atoms with Crippen molar-refractivity contribution < 1.29 is 4.79 Å². The lowest BCUT2D eigenvalue weighted by Crippen LogP contribution is -2.29. The Balaban J connectivity index is 2.39. The minimum atomic E-state index is -0.241. The summed E-state index contributed by atoms with van der Waals surface area (Å²) in [5.41, 5.74) is 3.93. The molecule has 0 saturated carbocycles. The molecular weight excluding hydrogens is 258 g/mol. The van der Waals surface area contributed by atoms with Crippen LogP contribution in [0.1, 0.15) is 29.8 Å². The molecule has 19 heavy (non-hydrogen) atoms. The minimum absolute atomic E-state index is 0.241. The predicted molar refractivity (Wildman–Crippen MR) is 82.0 cm³/mol. The van der Waals surface area contributed by atoms with Crippen LogP contribution in [-0.4, -0.2) is 36.2 Å². The molecule has 0 heterocycles. The zero-order valence-corrected chi connectivity index (χ0v) is 12.5. The fourth-order valence-electron chi connectivity index (χ4n) is 1.81. The van der Waals surface area contributed by atoms with Crippen LogP contribution in [0.2, 0.25) is 0 Å². The van der Waals surface area contributed by atoms with Gasteiger partial charge in [0.15, 0.2) is 0 Å². The van der Waals surface area contributed by atoms with E-state index in [-0.39, 0.29) is 5.91 Å². The molecule has 0 saturated heterocycles. The lowest BCUT2D eigenvalue weighted by atomic mass is 10.1. The van der Waals surface area contributed by atoms with Gasteiger partial charge in [-0.3, -0.25) is 10.2 Å². The van der Waals surface area contributed by atoms with Crippen LogP contribution in [0.15, 0.2) is 24.3 Å². The van der Waals surface area contributed by atoms with E-state index in [0.29, 0.717) is 5.56 Å². The summed E-state index contributed by atoms with van der Waals surface area (Å²) in [7, 11) is 0. The highest BCUT2D eigenvalue weighted by atomic mass is 32.2. The zero-order chi connectivity index (χ0) is 14.1. The summed E-state index contributed by atoms with van der Waals surface area (Å²) < 4.78 is 0. The maximum atomic E-state index is 11.4. The van der Waals surface area contributed by atoms with Crippen molar-refractivity contribution in [2.75, 3.05) is 25.4 Å². The molecule has 0 aromatic heterocycles. The lowest BCUT2D eigenvalue weighted by Gasteiger charge is -2.17. The average molecular weight is 281 g/mol. The quantitative estimate of drug-likeness (QED) is 0.330. The maximum Gasteiger partial charge on any atom is 0.265 e. The van der Waals surface area contributed by atoms with Gasteiger partial charge >= 0.3 is 0 Å². The van der Waals surface area contributed by atoms with Crippen molar-refractivity contribution in [2.45, 2.75) is 19.6 Å². The molecule has 0 spiro atoms. The fraction of sp³-hybridized carbons (Fsp3) is 0.500. The zero-order valence-electron chi connectivity index (χ0n) is 11.7. The monoisotopic (exact) mass is 281 g/mol. The SMILES string of the molecule is CCN(CC)CCSCc1cccc(C(=O)NN)c1. The molecule has 3 N–H and O–H groups in total. The molecule has 0 radical (unpaired) electrons. The van der Waals surface area contributed by atoms with Gasteiger partial charge in [0, 0.05) is 23.6 Å². The first kappa shape index (κ1) is 16.0. The standard InChI is InChI=1S/C14H23N3OS/c1-3-17(4-2)8-9-19-11-12-6-5-7-13(10-12)14(18)16-15/h5-7,10H,3-4,8-9,11,15H2,1-2H3,(H,16,18). The Morgan fingerprint density at radius 1 is 1.37 bits per heavy atom. The third kappa shape index (κ3) is 5.63. The molecule has 0 bridgehead atoms. The van der Waals surface area contributed by atoms with Crippen LogP contribution < -0.4 is 11.3 Å². The highest BCUT2D eigenvalue weighted by molar-refractivity contribution is 7.98. The number of nitrogens with two attached hydrogens (primary N) is 1. The molecule has 1 aromatic carbocycles. The molecule has 1 amide bonds. The van der Waals surface area contributed by atoms with Crippen LogP contribution >= 0.6 is 11.8 Å². The van der Waals surface area contributed by atoms with E-state index < -0.39 is 0 Å². The van der Waals surface area contributed by atoms with Gasteiger partial charge in [-0.25, -0.2) is 5.84 Å². The summed E-state index contributed by atoms with van der Waals surface area (Å²) in [6, 6.07) is 7.60. The van der Waals surface area contributed by atoms with Crippen LogP contribution in [0.5, 0.6) is 0 Å². The number of nitrogen functional groups attached to an aromatic ring is 1. The van der Waals surface area contributed by atoms with Gasteiger partial charge in [0.2, 0.25) is 0 Å². The number of nitrogens with zero attached hydrogens (tertiary/aromatic N) is 1. The number of hydrazine groups is 1. The molecule has 1 rings (SSSR count). The average Bonchev–Trinajstić information content (AvgIpc) is 2.47. The molecule has 0 aliphatic rings. The Morgan fingerprint density at radius 2 is 2.11 bits per heavy atom. The number of carbonyl (C=O) groups is 1. The topological polar surface area (TPSA) is 58.4 Å². The van der Waals surface area contributed by atoms with E-state index in [1.165, 1.54) is 0 Å². The van der Waals surface area contributed by atoms with E-state index in [1.54, 1.807) is 6.07 Å². The van der Waals surface area contributed by atoms with Crippen molar-refractivity contribution in [2.24, 2.45) is 5.84 Å². The van der Waals surface area contributed by atoms with Crippen LogP contribution in [0.4, 0.5) is 0 Å². The number of benzene rings is 1. The minimum Gasteiger partial charge on any atom is -0.303 e. The van der Waals surface area contributed by atoms with Gasteiger partial charge < -0.3 is 4.90 Å². The number of carbonyl (C=O) groups excluding carboxylic acids is 1. The molecule has 1 aromatic rings. The van der Waals surface area contributed by atoms with E-state index in [9.17, 15) is 4.79 Å². The molecule has 5 heteroatoms. The molecule has 4 nitrogen and oxygen atoms in total. The summed E-state index contributed by atoms with van der Waals surface area (Å²) in [6.07, 6.45) is 0. The Bertz CT molecular complexity index is 394. The van der Waals surface area contributed by atoms with Crippen LogP contribution in [0.25, 0.3) is 0 Å². The second-order valence-electron chi connectivity index (χ2n) is 4.25. The van der Waals surface area contributed by atoms with Crippen molar-refractivity contribution in [3.8, 4) is 0 Å². The van der Waals surface area contributed by atoms with Gasteiger partial charge in [-0.05, 0) is 30.8 Å². The van der Waals surface area contributed by atoms with E-state index in [1.807, 2.05) is 30.0 Å². The van der Waals surface area contributed by atoms with E-state index in [4.69, 9.17) is 5.84 Å². The van der Waals surface area contributed by atoms with E-state index in [0.717, 1.165) is 36.7 Å². The third-order valence-corrected chi connectivity index (χ3v) is 4.04. The predicted octanol–water partition coefficient (Wildman–Crippen LogP) is 1.87. The second-order valence-corrected chi connectivity index (χ2v) is 5.36. The molecule has 0 atom stereocenters. The fourth-order valence-corrected chi connectivity index (χ4v) is 2.76. The number of hydrogen-bond acceptors (Lipinski definition) is 4. The summed E-state index contributed by atoms with van der Waals surface area (Å²) in [4.78, 5) is 13.8. The first-order valence-electron chi connectivity index (χ1n) is 6.61. The first-order chi connectivity index (χ1) is 9.21. The Kier molecular flexibility index (Phi) is 7.55. The Morgan fingerprint density at radius 3 is 2.74 bits per heavy atom. The number of nitrogens with one attached hydrogen (secondary N) is 1. The second kappa shape index (κ2) is 8.96. The third-order valence-electron chi connectivity index (χ3n) is 3.04. The summed E-state index contributed by atoms with van der Waals surface area (Å²) in [5, 5.41) is 0. The van der Waals surface area contributed by atoms with Crippen LogP contribution in [0.3, 0.4) is 0 Å². The van der Waals surface area contributed by atoms with E-state index >= 15 is 0 Å². The van der Waals surface area contributed by atoms with Gasteiger partial charge in [0.25, 0.3) is 5.91 Å². The Labute approximate surface area is 119 Å². The van der Waals surface area contributed by atoms with Crippen molar-refractivity contribution in [3.63, 3.8) is 0 Å². The first-order valence-corrected chi connectivity index (χ1v) is 7.76. The molecule has 106 valence electrons. The van der Waals surface area contributed by atoms with Crippen molar-refractivity contribution in [1.29, 1.82) is 0 Å². The summed E-state index contributed by atoms with van der Waals surface area (Å²) >= 11 is 1.89. The van der Waals surface area contributed by atoms with Gasteiger partial charge in [-0.15, -0.1) is 0 Å². The molecular formula is C14H23N3OS. The van der Waals surface area contributed by atoms with Crippen LogP contribution in [-0.2, 0) is 5.75 Å². The summed E-state index contributed by atoms with van der Waals surface area (Å²) in [5.74, 6) is 6.92. The normalized spacial score (nSPS) is 10.7. The Hall–Kier alpha value is -1.04. The van der Waals surface area contributed by atoms with Crippen LogP contribution in [0, 0.1) is 0 Å². The number of amides is 1. The van der Waals surface area contributed by atoms with Gasteiger partial charge in [-0.2, -0.15) is 11.8 Å². The molecule has 0 aliphatic carbocycles. The summed E-state index contributed by atoms with van der Waals surface area (Å²) in [6.45, 7) is 7.68. The largest absolute Gasteiger partial charge is 0.303 e. The number of rotatable bonds is 8. The smallest absolute Gasteiger partial charge is 0.265 e. The lowest BCUT2D eigenvalue weighted by molar-refractivity contribution is 0.0953. The number of hydrogen-bond donors (Lipinski definition) is 2. The molecule has 0 unspecified atom stereocenters. The highest BCUT2D eigenvalue weighted by Crippen LogP contribution is 2.14. The van der Waals surface area contributed by atoms with Crippen molar-refractivity contribution in [3.05, 3.63) is 35.4 Å². The molecule has 0 aliphatic heterocycles. The van der Waals surface area contributed by atoms with E-state index in [2.05, 4.69) is 24.2 Å². The number of thioether (sulfide) groups is 1. The van der Waals surface area contributed by atoms with Crippen molar-refractivity contribution in [1.82, 2.24) is 10.3 Å². The van der Waals surface area contributed by atoms with Gasteiger partial charge in [-0.1, -0.05) is 26.0 Å². The maximum absolute atomic E-state index is 11.4. The van der Waals surface area contributed by atoms with Crippen molar-refractivity contribution >= 4 is 17.7 Å². The molecule has 0 fully saturated rings. The highest BCUT2D eigenvalue weighted by Gasteiger charge is 2.04.